The van der Waals surface area contributed by atoms with Crippen LogP contribution in [-0.4, -0.2) is 49.0 Å². The molecule has 1 aromatic heterocycles. The lowest BCUT2D eigenvalue weighted by Crippen LogP contribution is -2.44. The molecular formula is C20H25FN4O. The zero-order valence-electron chi connectivity index (χ0n) is 15.1. The molecule has 0 spiro atoms. The first-order chi connectivity index (χ1) is 12.6. The van der Waals surface area contributed by atoms with Gasteiger partial charge in [0.2, 0.25) is 5.91 Å². The van der Waals surface area contributed by atoms with Crippen LogP contribution in [0, 0.1) is 5.82 Å². The van der Waals surface area contributed by atoms with Crippen molar-refractivity contribution in [3.63, 3.8) is 0 Å². The van der Waals surface area contributed by atoms with Crippen molar-refractivity contribution in [3.8, 4) is 0 Å². The summed E-state index contributed by atoms with van der Waals surface area (Å²) in [5.74, 6) is 0.715. The Labute approximate surface area is 153 Å². The monoisotopic (exact) mass is 356 g/mol. The standard InChI is InChI=1S/C20H25FN4O/c1-24-10-12-25(13-11-24)19-8-4-17(14-22-19)15-23-20(26)9-5-16-2-6-18(21)7-3-16/h2-4,6-8,14H,5,9-13,15H2,1H3,(H,23,26). The number of piperazine rings is 1. The number of hydrogen-bond donors (Lipinski definition) is 1. The molecule has 6 heteroatoms. The van der Waals surface area contributed by atoms with Crippen LogP contribution in [0.15, 0.2) is 42.6 Å². The maximum atomic E-state index is 12.9. The molecule has 2 aromatic rings. The molecule has 0 aliphatic carbocycles. The van der Waals surface area contributed by atoms with E-state index in [2.05, 4.69) is 27.1 Å². The first-order valence-corrected chi connectivity index (χ1v) is 9.00. The van der Waals surface area contributed by atoms with E-state index in [4.69, 9.17) is 0 Å². The van der Waals surface area contributed by atoms with Crippen molar-refractivity contribution in [1.29, 1.82) is 0 Å². The third kappa shape index (κ3) is 5.26. The highest BCUT2D eigenvalue weighted by Crippen LogP contribution is 2.13. The number of carbonyl (C=O) groups excluding carboxylic acids is 1. The minimum atomic E-state index is -0.259. The lowest BCUT2D eigenvalue weighted by atomic mass is 10.1. The molecule has 1 N–H and O–H groups in total. The maximum absolute atomic E-state index is 12.9. The summed E-state index contributed by atoms with van der Waals surface area (Å²) < 4.78 is 12.9. The zero-order valence-corrected chi connectivity index (χ0v) is 15.1. The minimum absolute atomic E-state index is 0.0162. The van der Waals surface area contributed by atoms with Gasteiger partial charge in [0.1, 0.15) is 11.6 Å². The van der Waals surface area contributed by atoms with Crippen LogP contribution in [0.2, 0.25) is 0 Å². The van der Waals surface area contributed by atoms with Gasteiger partial charge >= 0.3 is 0 Å². The molecule has 2 heterocycles. The summed E-state index contributed by atoms with van der Waals surface area (Å²) >= 11 is 0. The number of benzene rings is 1. The highest BCUT2D eigenvalue weighted by molar-refractivity contribution is 5.76. The lowest BCUT2D eigenvalue weighted by molar-refractivity contribution is -0.121. The van der Waals surface area contributed by atoms with Gasteiger partial charge < -0.3 is 15.1 Å². The number of likely N-dealkylation sites (N-methyl/N-ethyl adjacent to an activating group) is 1. The average Bonchev–Trinajstić information content (AvgIpc) is 2.67. The van der Waals surface area contributed by atoms with E-state index in [-0.39, 0.29) is 11.7 Å². The Kier molecular flexibility index (Phi) is 6.17. The SMILES string of the molecule is CN1CCN(c2ccc(CNC(=O)CCc3ccc(F)cc3)cn2)CC1. The summed E-state index contributed by atoms with van der Waals surface area (Å²) in [6.45, 7) is 4.55. The molecule has 0 radical (unpaired) electrons. The van der Waals surface area contributed by atoms with Gasteiger partial charge in [-0.2, -0.15) is 0 Å². The number of hydrogen-bond acceptors (Lipinski definition) is 4. The Bertz CT molecular complexity index is 710. The number of aromatic nitrogens is 1. The first-order valence-electron chi connectivity index (χ1n) is 9.00. The molecule has 5 nitrogen and oxygen atoms in total. The van der Waals surface area contributed by atoms with Crippen molar-refractivity contribution >= 4 is 11.7 Å². The van der Waals surface area contributed by atoms with Gasteiger partial charge in [0.25, 0.3) is 0 Å². The van der Waals surface area contributed by atoms with E-state index >= 15 is 0 Å². The largest absolute Gasteiger partial charge is 0.354 e. The number of nitrogens with zero attached hydrogens (tertiary/aromatic N) is 3. The van der Waals surface area contributed by atoms with Crippen LogP contribution in [0.25, 0.3) is 0 Å². The van der Waals surface area contributed by atoms with Crippen LogP contribution >= 0.6 is 0 Å². The third-order valence-corrected chi connectivity index (χ3v) is 4.68. The van der Waals surface area contributed by atoms with Gasteiger partial charge in [0.15, 0.2) is 0 Å². The fourth-order valence-corrected chi connectivity index (χ4v) is 2.94. The van der Waals surface area contributed by atoms with Gasteiger partial charge in [0.05, 0.1) is 0 Å². The molecule has 1 saturated heterocycles. The summed E-state index contributed by atoms with van der Waals surface area (Å²) in [5.41, 5.74) is 1.94. The molecule has 1 aliphatic heterocycles. The predicted octanol–water partition coefficient (Wildman–Crippen LogP) is 2.22. The summed E-state index contributed by atoms with van der Waals surface area (Å²) in [6, 6.07) is 10.3. The van der Waals surface area contributed by atoms with Crippen molar-refractivity contribution in [1.82, 2.24) is 15.2 Å². The Balaban J connectivity index is 1.42. The van der Waals surface area contributed by atoms with E-state index in [1.165, 1.54) is 12.1 Å². The Morgan fingerprint density at radius 2 is 1.77 bits per heavy atom. The summed E-state index contributed by atoms with van der Waals surface area (Å²) in [6.07, 6.45) is 2.82. The van der Waals surface area contributed by atoms with Crippen LogP contribution < -0.4 is 10.2 Å². The van der Waals surface area contributed by atoms with E-state index in [0.29, 0.717) is 19.4 Å². The maximum Gasteiger partial charge on any atom is 0.220 e. The number of amides is 1. The van der Waals surface area contributed by atoms with Gasteiger partial charge in [-0.25, -0.2) is 9.37 Å². The van der Waals surface area contributed by atoms with Crippen LogP contribution in [0.4, 0.5) is 10.2 Å². The van der Waals surface area contributed by atoms with Crippen LogP contribution in [-0.2, 0) is 17.8 Å². The minimum Gasteiger partial charge on any atom is -0.354 e. The summed E-state index contributed by atoms with van der Waals surface area (Å²) in [5, 5.41) is 2.91. The van der Waals surface area contributed by atoms with Crippen LogP contribution in [0.3, 0.4) is 0 Å². The zero-order chi connectivity index (χ0) is 18.4. The van der Waals surface area contributed by atoms with Crippen LogP contribution in [0.5, 0.6) is 0 Å². The van der Waals surface area contributed by atoms with E-state index in [1.807, 2.05) is 18.3 Å². The number of halogens is 1. The average molecular weight is 356 g/mol. The number of rotatable bonds is 6. The molecule has 3 rings (SSSR count). The van der Waals surface area contributed by atoms with Crippen molar-refractivity contribution in [3.05, 3.63) is 59.5 Å². The lowest BCUT2D eigenvalue weighted by Gasteiger charge is -2.33. The second kappa shape index (κ2) is 8.76. The topological polar surface area (TPSA) is 48.5 Å². The number of carbonyl (C=O) groups is 1. The van der Waals surface area contributed by atoms with Crippen molar-refractivity contribution in [2.45, 2.75) is 19.4 Å². The van der Waals surface area contributed by atoms with Gasteiger partial charge in [-0.15, -0.1) is 0 Å². The molecule has 26 heavy (non-hydrogen) atoms. The molecular weight excluding hydrogens is 331 g/mol. The molecule has 1 aliphatic rings. The second-order valence-corrected chi connectivity index (χ2v) is 6.72. The number of nitrogens with one attached hydrogen (secondary N) is 1. The highest BCUT2D eigenvalue weighted by Gasteiger charge is 2.14. The molecule has 1 fully saturated rings. The van der Waals surface area contributed by atoms with Gasteiger partial charge in [-0.3, -0.25) is 4.79 Å². The summed E-state index contributed by atoms with van der Waals surface area (Å²) in [7, 11) is 2.13. The Morgan fingerprint density at radius 1 is 1.08 bits per heavy atom. The molecule has 0 atom stereocenters. The van der Waals surface area contributed by atoms with Gasteiger partial charge in [-0.05, 0) is 42.8 Å². The summed E-state index contributed by atoms with van der Waals surface area (Å²) in [4.78, 5) is 21.1. The normalized spacial score (nSPS) is 15.1. The van der Waals surface area contributed by atoms with Crippen LogP contribution in [0.1, 0.15) is 17.5 Å². The smallest absolute Gasteiger partial charge is 0.220 e. The molecule has 0 bridgehead atoms. The fraction of sp³-hybridized carbons (Fsp3) is 0.400. The van der Waals surface area contributed by atoms with Crippen molar-refractivity contribution in [2.75, 3.05) is 38.1 Å². The van der Waals surface area contributed by atoms with Gasteiger partial charge in [0, 0.05) is 45.3 Å². The van der Waals surface area contributed by atoms with Crippen molar-refractivity contribution < 1.29 is 9.18 Å². The van der Waals surface area contributed by atoms with E-state index < -0.39 is 0 Å². The Morgan fingerprint density at radius 3 is 2.42 bits per heavy atom. The predicted molar refractivity (Wildman–Crippen MR) is 101 cm³/mol. The third-order valence-electron chi connectivity index (χ3n) is 4.68. The number of aryl methyl sites for hydroxylation is 1. The Hall–Kier alpha value is -2.47. The van der Waals surface area contributed by atoms with Crippen molar-refractivity contribution in [2.24, 2.45) is 0 Å². The number of pyridine rings is 1. The molecule has 0 unspecified atom stereocenters. The molecule has 1 aromatic carbocycles. The first kappa shape index (κ1) is 18.3. The molecule has 1 amide bonds. The van der Waals surface area contributed by atoms with E-state index in [9.17, 15) is 9.18 Å². The molecule has 0 saturated carbocycles. The van der Waals surface area contributed by atoms with Gasteiger partial charge in [-0.1, -0.05) is 18.2 Å². The second-order valence-electron chi connectivity index (χ2n) is 6.72. The fourth-order valence-electron chi connectivity index (χ4n) is 2.94. The quantitative estimate of drug-likeness (QED) is 0.862. The van der Waals surface area contributed by atoms with E-state index in [0.717, 1.165) is 43.1 Å². The highest BCUT2D eigenvalue weighted by atomic mass is 19.1. The number of anilines is 1. The van der Waals surface area contributed by atoms with E-state index in [1.54, 1.807) is 12.1 Å². The molecule has 138 valence electrons.